The molecule has 0 aliphatic carbocycles. The number of hydrogen-bond donors (Lipinski definition) is 2. The van der Waals surface area contributed by atoms with Gasteiger partial charge in [-0.05, 0) is 43.3 Å². The smallest absolute Gasteiger partial charge is 0.261 e. The van der Waals surface area contributed by atoms with Gasteiger partial charge in [-0.1, -0.05) is 11.6 Å². The fourth-order valence-corrected chi connectivity index (χ4v) is 4.26. The third-order valence-electron chi connectivity index (χ3n) is 5.12. The molecule has 0 amide bonds. The molecule has 0 radical (unpaired) electrons. The van der Waals surface area contributed by atoms with Crippen molar-refractivity contribution in [1.29, 1.82) is 0 Å². The highest BCUT2D eigenvalue weighted by Crippen LogP contribution is 2.36. The molecule has 2 aromatic heterocycles. The van der Waals surface area contributed by atoms with Crippen molar-refractivity contribution in [3.63, 3.8) is 0 Å². The number of nitrogens with one attached hydrogen (secondary N) is 2. The Balaban J connectivity index is 1.95. The van der Waals surface area contributed by atoms with Crippen molar-refractivity contribution in [3.8, 4) is 11.1 Å². The number of benzene rings is 2. The maximum absolute atomic E-state index is 14.5. The zero-order valence-electron chi connectivity index (χ0n) is 18.1. The van der Waals surface area contributed by atoms with Crippen molar-refractivity contribution < 1.29 is 12.8 Å². The van der Waals surface area contributed by atoms with E-state index in [2.05, 4.69) is 15.1 Å². The molecule has 4 rings (SSSR count). The molecule has 0 aliphatic rings. The van der Waals surface area contributed by atoms with Gasteiger partial charge < -0.3 is 9.88 Å². The second-order valence-electron chi connectivity index (χ2n) is 7.54. The van der Waals surface area contributed by atoms with Gasteiger partial charge in [0.15, 0.2) is 0 Å². The van der Waals surface area contributed by atoms with Crippen molar-refractivity contribution in [3.05, 3.63) is 70.0 Å². The molecule has 8 nitrogen and oxygen atoms in total. The first-order valence-corrected chi connectivity index (χ1v) is 12.0. The molecule has 0 aliphatic heterocycles. The van der Waals surface area contributed by atoms with Gasteiger partial charge in [-0.2, -0.15) is 5.10 Å². The molecule has 2 heterocycles. The number of anilines is 3. The molecule has 0 saturated carbocycles. The molecular weight excluding hydrogens is 469 g/mol. The summed E-state index contributed by atoms with van der Waals surface area (Å²) in [7, 11) is -0.203. The third kappa shape index (κ3) is 4.57. The van der Waals surface area contributed by atoms with Crippen LogP contribution >= 0.6 is 11.6 Å². The summed E-state index contributed by atoms with van der Waals surface area (Å²) in [5.74, 6) is -0.643. The largest absolute Gasteiger partial charge is 0.353 e. The van der Waals surface area contributed by atoms with E-state index in [1.807, 2.05) is 0 Å². The normalized spacial score (nSPS) is 11.7. The lowest BCUT2D eigenvalue weighted by Gasteiger charge is -2.16. The second kappa shape index (κ2) is 8.53. The lowest BCUT2D eigenvalue weighted by molar-refractivity contribution is 0.602. The molecule has 11 heteroatoms. The van der Waals surface area contributed by atoms with Gasteiger partial charge in [0.2, 0.25) is 10.0 Å². The standard InChI is InChI=1S/C22H21ClFN5O3S/c1-4-33(31,32)27-14-6-8-19(25-20-7-5-13(23)9-18(20)24)15(10-14)16-11-28(2)22(30)17-12-29(3)26-21(16)17/h5-12,25,27H,4H2,1-3H3. The molecule has 4 aromatic rings. The molecule has 0 saturated heterocycles. The van der Waals surface area contributed by atoms with Crippen LogP contribution in [0.15, 0.2) is 53.6 Å². The van der Waals surface area contributed by atoms with E-state index < -0.39 is 15.8 Å². The molecule has 0 atom stereocenters. The SMILES string of the molecule is CCS(=O)(=O)Nc1ccc(Nc2ccc(Cl)cc2F)c(-c2cn(C)c(=O)c3cn(C)nc23)c1. The van der Waals surface area contributed by atoms with Crippen LogP contribution in [0.1, 0.15) is 6.92 Å². The Labute approximate surface area is 194 Å². The van der Waals surface area contributed by atoms with Gasteiger partial charge in [0.05, 0.1) is 16.8 Å². The van der Waals surface area contributed by atoms with E-state index in [1.54, 1.807) is 50.8 Å². The number of halogens is 2. The Morgan fingerprint density at radius 1 is 1.06 bits per heavy atom. The monoisotopic (exact) mass is 489 g/mol. The van der Waals surface area contributed by atoms with Gasteiger partial charge in [-0.25, -0.2) is 12.8 Å². The van der Waals surface area contributed by atoms with Crippen molar-refractivity contribution in [1.82, 2.24) is 14.3 Å². The van der Waals surface area contributed by atoms with Crippen LogP contribution in [0.25, 0.3) is 22.0 Å². The van der Waals surface area contributed by atoms with Crippen LogP contribution in [0.5, 0.6) is 0 Å². The number of sulfonamides is 1. The van der Waals surface area contributed by atoms with E-state index in [1.165, 1.54) is 28.3 Å². The lowest BCUT2D eigenvalue weighted by Crippen LogP contribution is -2.16. The van der Waals surface area contributed by atoms with Crippen LogP contribution in [0.3, 0.4) is 0 Å². The predicted molar refractivity (Wildman–Crippen MR) is 129 cm³/mol. The number of fused-ring (bicyclic) bond motifs is 1. The van der Waals surface area contributed by atoms with Crippen LogP contribution in [0.4, 0.5) is 21.5 Å². The van der Waals surface area contributed by atoms with Crippen LogP contribution in [0, 0.1) is 5.82 Å². The first-order valence-electron chi connectivity index (χ1n) is 9.98. The van der Waals surface area contributed by atoms with Gasteiger partial charge >= 0.3 is 0 Å². The van der Waals surface area contributed by atoms with Gasteiger partial charge in [-0.15, -0.1) is 0 Å². The highest BCUT2D eigenvalue weighted by Gasteiger charge is 2.18. The minimum absolute atomic E-state index is 0.0946. The third-order valence-corrected chi connectivity index (χ3v) is 6.66. The fourth-order valence-electron chi connectivity index (χ4n) is 3.47. The minimum atomic E-state index is -3.53. The summed E-state index contributed by atoms with van der Waals surface area (Å²) in [5.41, 5.74) is 2.32. The maximum atomic E-state index is 14.5. The highest BCUT2D eigenvalue weighted by molar-refractivity contribution is 7.92. The first kappa shape index (κ1) is 22.8. The van der Waals surface area contributed by atoms with Gasteiger partial charge in [0.1, 0.15) is 11.3 Å². The molecule has 0 spiro atoms. The molecule has 0 bridgehead atoms. The topological polar surface area (TPSA) is 98.0 Å². The van der Waals surface area contributed by atoms with Crippen LogP contribution in [-0.2, 0) is 24.1 Å². The Bertz CT molecular complexity index is 1550. The molecule has 33 heavy (non-hydrogen) atoms. The zero-order valence-corrected chi connectivity index (χ0v) is 19.6. The number of rotatable bonds is 6. The van der Waals surface area contributed by atoms with Crippen LogP contribution in [0.2, 0.25) is 5.02 Å². The highest BCUT2D eigenvalue weighted by atomic mass is 35.5. The van der Waals surface area contributed by atoms with Crippen molar-refractivity contribution in [2.45, 2.75) is 6.92 Å². The van der Waals surface area contributed by atoms with E-state index >= 15 is 0 Å². The average Bonchev–Trinajstić information content (AvgIpc) is 3.15. The van der Waals surface area contributed by atoms with E-state index in [4.69, 9.17) is 11.6 Å². The summed E-state index contributed by atoms with van der Waals surface area (Å²) in [6, 6.07) is 9.08. The number of pyridine rings is 1. The van der Waals surface area contributed by atoms with Gasteiger partial charge in [0, 0.05) is 54.0 Å². The number of hydrogen-bond acceptors (Lipinski definition) is 5. The van der Waals surface area contributed by atoms with E-state index in [-0.39, 0.29) is 22.0 Å². The second-order valence-corrected chi connectivity index (χ2v) is 9.99. The Kier molecular flexibility index (Phi) is 5.89. The molecule has 0 fully saturated rings. The summed E-state index contributed by atoms with van der Waals surface area (Å²) in [6.07, 6.45) is 3.24. The minimum Gasteiger partial charge on any atom is -0.353 e. The summed E-state index contributed by atoms with van der Waals surface area (Å²) in [6.45, 7) is 1.53. The average molecular weight is 490 g/mol. The van der Waals surface area contributed by atoms with Crippen LogP contribution < -0.4 is 15.6 Å². The molecule has 2 N–H and O–H groups in total. The predicted octanol–water partition coefficient (Wildman–Crippen LogP) is 4.24. The number of aryl methyl sites for hydroxylation is 2. The fraction of sp³-hybridized carbons (Fsp3) is 0.182. The zero-order chi connectivity index (χ0) is 23.9. The van der Waals surface area contributed by atoms with Gasteiger partial charge in [0.25, 0.3) is 5.56 Å². The van der Waals surface area contributed by atoms with Crippen LogP contribution in [-0.4, -0.2) is 28.5 Å². The maximum Gasteiger partial charge on any atom is 0.261 e. The number of nitrogens with zero attached hydrogens (tertiary/aromatic N) is 3. The Hall–Kier alpha value is -3.37. The first-order chi connectivity index (χ1) is 15.6. The molecule has 2 aromatic carbocycles. The molecular formula is C22H21ClFN5O3S. The lowest BCUT2D eigenvalue weighted by atomic mass is 10.0. The van der Waals surface area contributed by atoms with E-state index in [0.29, 0.717) is 33.4 Å². The van der Waals surface area contributed by atoms with Crippen molar-refractivity contribution >= 4 is 49.6 Å². The van der Waals surface area contributed by atoms with Gasteiger partial charge in [-0.3, -0.25) is 14.2 Å². The van der Waals surface area contributed by atoms with E-state index in [9.17, 15) is 17.6 Å². The number of aromatic nitrogens is 3. The van der Waals surface area contributed by atoms with Crippen molar-refractivity contribution in [2.24, 2.45) is 14.1 Å². The quantitative estimate of drug-likeness (QED) is 0.422. The summed E-state index contributed by atoms with van der Waals surface area (Å²) in [4.78, 5) is 12.6. The van der Waals surface area contributed by atoms with E-state index in [0.717, 1.165) is 0 Å². The molecule has 0 unspecified atom stereocenters. The van der Waals surface area contributed by atoms with Crippen molar-refractivity contribution in [2.75, 3.05) is 15.8 Å². The summed E-state index contributed by atoms with van der Waals surface area (Å²) < 4.78 is 44.2. The Morgan fingerprint density at radius 3 is 2.48 bits per heavy atom. The summed E-state index contributed by atoms with van der Waals surface area (Å²) in [5, 5.41) is 8.14. The Morgan fingerprint density at radius 2 is 1.79 bits per heavy atom. The summed E-state index contributed by atoms with van der Waals surface area (Å²) >= 11 is 5.87. The molecule has 172 valence electrons.